The third-order valence-corrected chi connectivity index (χ3v) is 4.74. The van der Waals surface area contributed by atoms with E-state index in [2.05, 4.69) is 0 Å². The molecule has 0 saturated heterocycles. The first-order valence-corrected chi connectivity index (χ1v) is 7.51. The van der Waals surface area contributed by atoms with Crippen LogP contribution in [0.15, 0.2) is 29.2 Å². The fourth-order valence-corrected chi connectivity index (χ4v) is 3.01. The molecule has 5 nitrogen and oxygen atoms in total. The van der Waals surface area contributed by atoms with Gasteiger partial charge in [-0.25, -0.2) is 12.7 Å². The van der Waals surface area contributed by atoms with E-state index in [0.29, 0.717) is 12.2 Å². The van der Waals surface area contributed by atoms with Crippen LogP contribution in [-0.4, -0.2) is 38.9 Å². The number of sulfonamides is 1. The van der Waals surface area contributed by atoms with E-state index in [4.69, 9.17) is 4.74 Å². The van der Waals surface area contributed by atoms with Gasteiger partial charge in [0.1, 0.15) is 0 Å². The van der Waals surface area contributed by atoms with Crippen molar-refractivity contribution in [1.29, 1.82) is 0 Å². The number of ether oxygens (including phenoxy) is 1. The number of carbonyl (C=O) groups is 1. The molecule has 0 amide bonds. The average molecular weight is 285 g/mol. The largest absolute Gasteiger partial charge is 0.466 e. The molecule has 0 bridgehead atoms. The van der Waals surface area contributed by atoms with Crippen molar-refractivity contribution < 1.29 is 17.9 Å². The number of rotatable bonds is 6. The van der Waals surface area contributed by atoms with E-state index in [1.807, 2.05) is 0 Å². The summed E-state index contributed by atoms with van der Waals surface area (Å²) >= 11 is 0. The van der Waals surface area contributed by atoms with Gasteiger partial charge in [-0.1, -0.05) is 18.2 Å². The van der Waals surface area contributed by atoms with Crippen molar-refractivity contribution in [2.75, 3.05) is 20.2 Å². The Kier molecular flexibility index (Phi) is 5.50. The van der Waals surface area contributed by atoms with Gasteiger partial charge in [-0.2, -0.15) is 0 Å². The van der Waals surface area contributed by atoms with E-state index in [9.17, 15) is 13.2 Å². The first-order chi connectivity index (χ1) is 8.89. The van der Waals surface area contributed by atoms with Crippen LogP contribution in [0.3, 0.4) is 0 Å². The monoisotopic (exact) mass is 285 g/mol. The van der Waals surface area contributed by atoms with Gasteiger partial charge in [0, 0.05) is 13.6 Å². The zero-order chi connectivity index (χ0) is 14.5. The van der Waals surface area contributed by atoms with E-state index in [1.165, 1.54) is 11.4 Å². The summed E-state index contributed by atoms with van der Waals surface area (Å²) in [5.41, 5.74) is 0.686. The molecule has 0 unspecified atom stereocenters. The van der Waals surface area contributed by atoms with Crippen molar-refractivity contribution in [2.24, 2.45) is 0 Å². The van der Waals surface area contributed by atoms with E-state index < -0.39 is 16.0 Å². The molecular weight excluding hydrogens is 266 g/mol. The lowest BCUT2D eigenvalue weighted by Gasteiger charge is -2.17. The van der Waals surface area contributed by atoms with E-state index in [0.717, 1.165) is 0 Å². The van der Waals surface area contributed by atoms with Crippen LogP contribution in [0.5, 0.6) is 0 Å². The number of hydrogen-bond donors (Lipinski definition) is 0. The normalized spacial score (nSPS) is 11.6. The summed E-state index contributed by atoms with van der Waals surface area (Å²) in [5, 5.41) is 0. The molecule has 1 aromatic carbocycles. The lowest BCUT2D eigenvalue weighted by molar-refractivity contribution is -0.143. The Hall–Kier alpha value is -1.40. The molecule has 0 aliphatic carbocycles. The summed E-state index contributed by atoms with van der Waals surface area (Å²) in [5.74, 6) is -0.394. The second kappa shape index (κ2) is 6.68. The Bertz CT molecular complexity index is 539. The van der Waals surface area contributed by atoms with Gasteiger partial charge in [0.25, 0.3) is 0 Å². The third-order valence-electron chi connectivity index (χ3n) is 2.72. The van der Waals surface area contributed by atoms with Gasteiger partial charge in [-0.05, 0) is 25.5 Å². The maximum atomic E-state index is 12.3. The van der Waals surface area contributed by atoms with Gasteiger partial charge in [-0.3, -0.25) is 4.79 Å². The molecule has 0 spiro atoms. The third kappa shape index (κ3) is 4.04. The van der Waals surface area contributed by atoms with Crippen LogP contribution in [0.1, 0.15) is 18.9 Å². The maximum absolute atomic E-state index is 12.3. The van der Waals surface area contributed by atoms with Crippen molar-refractivity contribution in [2.45, 2.75) is 25.2 Å². The van der Waals surface area contributed by atoms with Crippen molar-refractivity contribution >= 4 is 16.0 Å². The number of hydrogen-bond acceptors (Lipinski definition) is 4. The summed E-state index contributed by atoms with van der Waals surface area (Å²) in [6.45, 7) is 3.86. The quantitative estimate of drug-likeness (QED) is 0.744. The number of esters is 1. The summed E-state index contributed by atoms with van der Waals surface area (Å²) in [7, 11) is -2.10. The maximum Gasteiger partial charge on any atom is 0.307 e. The van der Waals surface area contributed by atoms with Gasteiger partial charge in [0.15, 0.2) is 0 Å². The van der Waals surface area contributed by atoms with Crippen LogP contribution < -0.4 is 0 Å². The summed E-state index contributed by atoms with van der Waals surface area (Å²) in [6.07, 6.45) is 0.0510. The smallest absolute Gasteiger partial charge is 0.307 e. The van der Waals surface area contributed by atoms with Crippen LogP contribution in [0.4, 0.5) is 0 Å². The Morgan fingerprint density at radius 2 is 1.95 bits per heavy atom. The van der Waals surface area contributed by atoms with E-state index in [-0.39, 0.29) is 17.9 Å². The predicted octanol–water partition coefficient (Wildman–Crippen LogP) is 1.57. The fourth-order valence-electron chi connectivity index (χ4n) is 1.62. The molecule has 0 radical (unpaired) electrons. The zero-order valence-corrected chi connectivity index (χ0v) is 12.2. The molecule has 0 aliphatic heterocycles. The first-order valence-electron chi connectivity index (χ1n) is 6.07. The number of aryl methyl sites for hydroxylation is 1. The second-order valence-electron chi connectivity index (χ2n) is 4.15. The van der Waals surface area contributed by atoms with Crippen molar-refractivity contribution in [3.63, 3.8) is 0 Å². The highest BCUT2D eigenvalue weighted by atomic mass is 32.2. The summed E-state index contributed by atoms with van der Waals surface area (Å²) in [6, 6.07) is 6.77. The molecule has 0 heterocycles. The standard InChI is InChI=1S/C13H19NO4S/c1-4-18-13(15)9-10-14(3)19(16,17)12-8-6-5-7-11(12)2/h5-8H,4,9-10H2,1-3H3. The summed E-state index contributed by atoms with van der Waals surface area (Å²) < 4.78 is 30.5. The van der Waals surface area contributed by atoms with Crippen LogP contribution in [0, 0.1) is 6.92 Å². The van der Waals surface area contributed by atoms with Gasteiger partial charge in [-0.15, -0.1) is 0 Å². The van der Waals surface area contributed by atoms with Crippen LogP contribution in [0.2, 0.25) is 0 Å². The summed E-state index contributed by atoms with van der Waals surface area (Å²) in [4.78, 5) is 11.5. The van der Waals surface area contributed by atoms with Crippen molar-refractivity contribution in [3.8, 4) is 0 Å². The highest BCUT2D eigenvalue weighted by Gasteiger charge is 2.22. The molecule has 6 heteroatoms. The highest BCUT2D eigenvalue weighted by Crippen LogP contribution is 2.18. The van der Waals surface area contributed by atoms with Crippen LogP contribution >= 0.6 is 0 Å². The Morgan fingerprint density at radius 1 is 1.32 bits per heavy atom. The molecule has 0 atom stereocenters. The molecule has 0 aliphatic rings. The number of nitrogens with zero attached hydrogens (tertiary/aromatic N) is 1. The zero-order valence-electron chi connectivity index (χ0n) is 11.4. The Labute approximate surface area is 114 Å². The van der Waals surface area contributed by atoms with Gasteiger partial charge in [0.05, 0.1) is 17.9 Å². The van der Waals surface area contributed by atoms with Crippen molar-refractivity contribution in [1.82, 2.24) is 4.31 Å². The molecule has 19 heavy (non-hydrogen) atoms. The minimum Gasteiger partial charge on any atom is -0.466 e. The Balaban J connectivity index is 2.78. The molecule has 1 aromatic rings. The van der Waals surface area contributed by atoms with Crippen LogP contribution in [0.25, 0.3) is 0 Å². The Morgan fingerprint density at radius 3 is 2.53 bits per heavy atom. The van der Waals surface area contributed by atoms with E-state index in [1.54, 1.807) is 38.1 Å². The van der Waals surface area contributed by atoms with Gasteiger partial charge in [0.2, 0.25) is 10.0 Å². The van der Waals surface area contributed by atoms with E-state index >= 15 is 0 Å². The SMILES string of the molecule is CCOC(=O)CCN(C)S(=O)(=O)c1ccccc1C. The molecule has 0 N–H and O–H groups in total. The molecule has 0 saturated carbocycles. The highest BCUT2D eigenvalue weighted by molar-refractivity contribution is 7.89. The topological polar surface area (TPSA) is 63.7 Å². The lowest BCUT2D eigenvalue weighted by Crippen LogP contribution is -2.30. The molecule has 106 valence electrons. The van der Waals surface area contributed by atoms with Crippen molar-refractivity contribution in [3.05, 3.63) is 29.8 Å². The number of carbonyl (C=O) groups excluding carboxylic acids is 1. The van der Waals surface area contributed by atoms with Gasteiger partial charge < -0.3 is 4.74 Å². The minimum absolute atomic E-state index is 0.0510. The average Bonchev–Trinajstić information content (AvgIpc) is 2.36. The lowest BCUT2D eigenvalue weighted by atomic mass is 10.2. The minimum atomic E-state index is -3.55. The molecule has 0 fully saturated rings. The molecule has 1 rings (SSSR count). The first kappa shape index (κ1) is 15.7. The predicted molar refractivity (Wildman–Crippen MR) is 72.2 cm³/mol. The fraction of sp³-hybridized carbons (Fsp3) is 0.462. The van der Waals surface area contributed by atoms with Crippen LogP contribution in [-0.2, 0) is 19.6 Å². The second-order valence-corrected chi connectivity index (χ2v) is 6.16. The molecule has 0 aromatic heterocycles. The number of benzene rings is 1. The van der Waals surface area contributed by atoms with Gasteiger partial charge >= 0.3 is 5.97 Å². The molecular formula is C13H19NO4S.